The third kappa shape index (κ3) is 5.13. The predicted octanol–water partition coefficient (Wildman–Crippen LogP) is 4.71. The molecule has 7 heteroatoms. The molecule has 1 N–H and O–H groups in total. The summed E-state index contributed by atoms with van der Waals surface area (Å²) in [7, 11) is 3.24. The van der Waals surface area contributed by atoms with Crippen LogP contribution in [-0.2, 0) is 12.0 Å². The van der Waals surface area contributed by atoms with E-state index < -0.39 is 0 Å². The molecule has 0 aliphatic rings. The summed E-state index contributed by atoms with van der Waals surface area (Å²) < 4.78 is 10.5. The van der Waals surface area contributed by atoms with E-state index in [2.05, 4.69) is 48.4 Å². The maximum atomic E-state index is 12.4. The molecule has 0 atom stereocenters. The first-order chi connectivity index (χ1) is 13.8. The van der Waals surface area contributed by atoms with Crippen molar-refractivity contribution < 1.29 is 14.1 Å². The number of carbonyl (C=O) groups excluding carboxylic acids is 1. The fourth-order valence-corrected chi connectivity index (χ4v) is 2.75. The molecule has 29 heavy (non-hydrogen) atoms. The van der Waals surface area contributed by atoms with Crippen molar-refractivity contribution in [3.05, 3.63) is 60.0 Å². The number of hydrogen-bond donors (Lipinski definition) is 1. The van der Waals surface area contributed by atoms with Crippen molar-refractivity contribution >= 4 is 11.7 Å². The van der Waals surface area contributed by atoms with E-state index in [0.29, 0.717) is 23.2 Å². The number of aromatic nitrogens is 2. The largest absolute Gasteiger partial charge is 0.497 e. The molecular formula is C22H26N4O3. The number of amides is 2. The third-order valence-corrected chi connectivity index (χ3v) is 4.52. The van der Waals surface area contributed by atoms with Gasteiger partial charge in [-0.1, -0.05) is 56.3 Å². The van der Waals surface area contributed by atoms with Gasteiger partial charge in [0.15, 0.2) is 0 Å². The minimum absolute atomic E-state index is 0.0831. The monoisotopic (exact) mass is 394 g/mol. The van der Waals surface area contributed by atoms with Gasteiger partial charge in [-0.25, -0.2) is 4.79 Å². The molecule has 1 aromatic heterocycles. The highest BCUT2D eigenvalue weighted by atomic mass is 16.5. The lowest BCUT2D eigenvalue weighted by Crippen LogP contribution is -2.30. The Kier molecular flexibility index (Phi) is 5.87. The molecule has 0 radical (unpaired) electrons. The van der Waals surface area contributed by atoms with E-state index in [1.165, 1.54) is 10.5 Å². The Morgan fingerprint density at radius 2 is 1.90 bits per heavy atom. The minimum Gasteiger partial charge on any atom is -0.497 e. The van der Waals surface area contributed by atoms with E-state index in [1.54, 1.807) is 26.3 Å². The van der Waals surface area contributed by atoms with Gasteiger partial charge in [-0.05, 0) is 23.1 Å². The second-order valence-electron chi connectivity index (χ2n) is 7.86. The molecule has 7 nitrogen and oxygen atoms in total. The number of anilines is 1. The van der Waals surface area contributed by atoms with Crippen LogP contribution in [-0.4, -0.2) is 35.2 Å². The standard InChI is InChI=1S/C22H26N4O3/c1-22(2,3)16-11-9-15(10-12-16)20-24-19(29-25-20)14-26(4)21(27)23-17-7-6-8-18(13-17)28-5/h6-13H,14H2,1-5H3,(H,23,27). The number of nitrogens with one attached hydrogen (secondary N) is 1. The third-order valence-electron chi connectivity index (χ3n) is 4.52. The molecule has 0 aliphatic carbocycles. The average molecular weight is 394 g/mol. The number of benzene rings is 2. The van der Waals surface area contributed by atoms with Crippen LogP contribution < -0.4 is 10.1 Å². The molecule has 3 rings (SSSR count). The zero-order valence-corrected chi connectivity index (χ0v) is 17.4. The van der Waals surface area contributed by atoms with Gasteiger partial charge in [0.1, 0.15) is 12.3 Å². The smallest absolute Gasteiger partial charge is 0.322 e. The SMILES string of the molecule is COc1cccc(NC(=O)N(C)Cc2nc(-c3ccc(C(C)(C)C)cc3)no2)c1. The summed E-state index contributed by atoms with van der Waals surface area (Å²) >= 11 is 0. The lowest BCUT2D eigenvalue weighted by Gasteiger charge is -2.18. The van der Waals surface area contributed by atoms with E-state index in [0.717, 1.165) is 5.56 Å². The summed E-state index contributed by atoms with van der Waals surface area (Å²) in [6.45, 7) is 6.70. The summed E-state index contributed by atoms with van der Waals surface area (Å²) in [5.74, 6) is 1.54. The second kappa shape index (κ2) is 8.34. The van der Waals surface area contributed by atoms with Crippen molar-refractivity contribution in [2.45, 2.75) is 32.7 Å². The first-order valence-electron chi connectivity index (χ1n) is 9.36. The van der Waals surface area contributed by atoms with Gasteiger partial charge in [-0.3, -0.25) is 0 Å². The van der Waals surface area contributed by atoms with E-state index in [4.69, 9.17) is 9.26 Å². The van der Waals surface area contributed by atoms with Crippen LogP contribution in [0.1, 0.15) is 32.2 Å². The minimum atomic E-state index is -0.285. The topological polar surface area (TPSA) is 80.5 Å². The van der Waals surface area contributed by atoms with E-state index in [1.807, 2.05) is 24.3 Å². The number of nitrogens with zero attached hydrogens (tertiary/aromatic N) is 3. The van der Waals surface area contributed by atoms with Crippen LogP contribution in [0.5, 0.6) is 5.75 Å². The molecule has 0 aliphatic heterocycles. The highest BCUT2D eigenvalue weighted by Gasteiger charge is 2.17. The maximum absolute atomic E-state index is 12.4. The van der Waals surface area contributed by atoms with Gasteiger partial charge in [0.05, 0.1) is 7.11 Å². The molecule has 2 aromatic carbocycles. The van der Waals surface area contributed by atoms with Crippen LogP contribution in [0.2, 0.25) is 0 Å². The van der Waals surface area contributed by atoms with Gasteiger partial charge in [0, 0.05) is 24.4 Å². The molecule has 0 fully saturated rings. The molecule has 2 amide bonds. The zero-order chi connectivity index (χ0) is 21.0. The van der Waals surface area contributed by atoms with Gasteiger partial charge < -0.3 is 19.5 Å². The van der Waals surface area contributed by atoms with Gasteiger partial charge in [-0.15, -0.1) is 0 Å². The highest BCUT2D eigenvalue weighted by molar-refractivity contribution is 5.89. The molecule has 3 aromatic rings. The summed E-state index contributed by atoms with van der Waals surface area (Å²) in [5, 5.41) is 6.85. The number of carbonyl (C=O) groups is 1. The number of hydrogen-bond acceptors (Lipinski definition) is 5. The average Bonchev–Trinajstić information content (AvgIpc) is 3.16. The van der Waals surface area contributed by atoms with Gasteiger partial charge >= 0.3 is 6.03 Å². The predicted molar refractivity (Wildman–Crippen MR) is 112 cm³/mol. The quantitative estimate of drug-likeness (QED) is 0.678. The van der Waals surface area contributed by atoms with Crippen LogP contribution in [0.4, 0.5) is 10.5 Å². The Balaban J connectivity index is 1.63. The molecule has 0 unspecified atom stereocenters. The van der Waals surface area contributed by atoms with E-state index >= 15 is 0 Å². The maximum Gasteiger partial charge on any atom is 0.322 e. The fraction of sp³-hybridized carbons (Fsp3) is 0.318. The van der Waals surface area contributed by atoms with Gasteiger partial charge in [0.25, 0.3) is 0 Å². The Bertz CT molecular complexity index is 974. The van der Waals surface area contributed by atoms with E-state index in [-0.39, 0.29) is 18.0 Å². The molecule has 0 saturated heterocycles. The van der Waals surface area contributed by atoms with Crippen molar-refractivity contribution in [1.82, 2.24) is 15.0 Å². The second-order valence-corrected chi connectivity index (χ2v) is 7.86. The lowest BCUT2D eigenvalue weighted by molar-refractivity contribution is 0.213. The Labute approximate surface area is 170 Å². The first-order valence-corrected chi connectivity index (χ1v) is 9.36. The summed E-state index contributed by atoms with van der Waals surface area (Å²) in [6.07, 6.45) is 0. The van der Waals surface area contributed by atoms with Crippen LogP contribution in [0.25, 0.3) is 11.4 Å². The van der Waals surface area contributed by atoms with Crippen LogP contribution in [0.3, 0.4) is 0 Å². The molecular weight excluding hydrogens is 368 g/mol. The summed E-state index contributed by atoms with van der Waals surface area (Å²) in [4.78, 5) is 18.3. The van der Waals surface area contributed by atoms with Gasteiger partial charge in [0.2, 0.25) is 11.7 Å². The van der Waals surface area contributed by atoms with Crippen molar-refractivity contribution in [3.63, 3.8) is 0 Å². The molecule has 1 heterocycles. The van der Waals surface area contributed by atoms with Crippen molar-refractivity contribution in [1.29, 1.82) is 0 Å². The normalized spacial score (nSPS) is 11.2. The summed E-state index contributed by atoms with van der Waals surface area (Å²) in [5.41, 5.74) is 2.83. The fourth-order valence-electron chi connectivity index (χ4n) is 2.75. The summed E-state index contributed by atoms with van der Waals surface area (Å²) in [6, 6.07) is 15.0. The lowest BCUT2D eigenvalue weighted by atomic mass is 9.87. The molecule has 0 spiro atoms. The van der Waals surface area contributed by atoms with Crippen LogP contribution in [0.15, 0.2) is 53.1 Å². The van der Waals surface area contributed by atoms with Crippen molar-refractivity contribution in [2.24, 2.45) is 0 Å². The van der Waals surface area contributed by atoms with Gasteiger partial charge in [-0.2, -0.15) is 4.98 Å². The van der Waals surface area contributed by atoms with Crippen molar-refractivity contribution in [3.8, 4) is 17.1 Å². The number of methoxy groups -OCH3 is 1. The first kappa shape index (κ1) is 20.4. The molecule has 0 bridgehead atoms. The van der Waals surface area contributed by atoms with Crippen LogP contribution >= 0.6 is 0 Å². The zero-order valence-electron chi connectivity index (χ0n) is 17.4. The van der Waals surface area contributed by atoms with E-state index in [9.17, 15) is 4.79 Å². The number of rotatable bonds is 5. The Hall–Kier alpha value is -3.35. The Morgan fingerprint density at radius 3 is 2.55 bits per heavy atom. The Morgan fingerprint density at radius 1 is 1.17 bits per heavy atom. The molecule has 0 saturated carbocycles. The number of urea groups is 1. The van der Waals surface area contributed by atoms with Crippen molar-refractivity contribution in [2.75, 3.05) is 19.5 Å². The highest BCUT2D eigenvalue weighted by Crippen LogP contribution is 2.25. The number of ether oxygens (including phenoxy) is 1. The molecule has 152 valence electrons. The van der Waals surface area contributed by atoms with Crippen LogP contribution in [0, 0.1) is 0 Å².